The second-order valence-corrected chi connectivity index (χ2v) is 11.5. The second kappa shape index (κ2) is 15.5. The minimum atomic E-state index is -0.603. The lowest BCUT2D eigenvalue weighted by Crippen LogP contribution is -2.52. The maximum atomic E-state index is 13.7. The second-order valence-electron chi connectivity index (χ2n) is 11.5. The minimum Gasteiger partial charge on any atom is -0.463 e. The van der Waals surface area contributed by atoms with Gasteiger partial charge in [0.1, 0.15) is 6.61 Å². The van der Waals surface area contributed by atoms with E-state index in [9.17, 15) is 19.5 Å². The van der Waals surface area contributed by atoms with Crippen molar-refractivity contribution in [2.24, 2.45) is 11.8 Å². The van der Waals surface area contributed by atoms with E-state index in [1.807, 2.05) is 66.7 Å². The first-order valence-electron chi connectivity index (χ1n) is 15.1. The van der Waals surface area contributed by atoms with Gasteiger partial charge in [-0.1, -0.05) is 85.7 Å². The Morgan fingerprint density at radius 3 is 2.29 bits per heavy atom. The molecule has 2 unspecified atom stereocenters. The summed E-state index contributed by atoms with van der Waals surface area (Å²) < 4.78 is 5.94. The van der Waals surface area contributed by atoms with E-state index in [0.29, 0.717) is 19.4 Å². The third-order valence-corrected chi connectivity index (χ3v) is 8.34. The molecular weight excluding hydrogens is 516 g/mol. The van der Waals surface area contributed by atoms with E-state index >= 15 is 0 Å². The van der Waals surface area contributed by atoms with Crippen molar-refractivity contribution in [1.82, 2.24) is 10.2 Å². The van der Waals surface area contributed by atoms with E-state index in [-0.39, 0.29) is 49.9 Å². The molecule has 2 aliphatic rings. The third-order valence-electron chi connectivity index (χ3n) is 8.34. The third kappa shape index (κ3) is 9.28. The largest absolute Gasteiger partial charge is 0.463 e. The predicted octanol–water partition coefficient (Wildman–Crippen LogP) is 4.98. The molecule has 1 saturated carbocycles. The predicted molar refractivity (Wildman–Crippen MR) is 159 cm³/mol. The number of allylic oxidation sites excluding steroid dienone is 2. The number of benzene rings is 2. The van der Waals surface area contributed by atoms with Crippen LogP contribution in [-0.2, 0) is 32.1 Å². The summed E-state index contributed by atoms with van der Waals surface area (Å²) in [6.45, 7) is 0.607. The van der Waals surface area contributed by atoms with Crippen molar-refractivity contribution in [2.45, 2.75) is 76.3 Å². The fraction of sp³-hybridized carbons (Fsp3) is 0.500. The summed E-state index contributed by atoms with van der Waals surface area (Å²) in [5.41, 5.74) is 1.49. The Morgan fingerprint density at radius 1 is 0.927 bits per heavy atom. The van der Waals surface area contributed by atoms with Gasteiger partial charge in [-0.3, -0.25) is 14.4 Å². The number of rotatable bonds is 8. The van der Waals surface area contributed by atoms with Gasteiger partial charge in [0.25, 0.3) is 0 Å². The molecule has 0 saturated heterocycles. The van der Waals surface area contributed by atoms with Crippen molar-refractivity contribution in [2.75, 3.05) is 19.8 Å². The lowest BCUT2D eigenvalue weighted by Gasteiger charge is -2.33. The summed E-state index contributed by atoms with van der Waals surface area (Å²) >= 11 is 0. The van der Waals surface area contributed by atoms with Crippen LogP contribution in [0.25, 0.3) is 0 Å². The average molecular weight is 561 g/mol. The topological polar surface area (TPSA) is 95.9 Å². The summed E-state index contributed by atoms with van der Waals surface area (Å²) in [7, 11) is 0. The van der Waals surface area contributed by atoms with Crippen molar-refractivity contribution in [3.63, 3.8) is 0 Å². The van der Waals surface area contributed by atoms with Gasteiger partial charge < -0.3 is 20.1 Å². The van der Waals surface area contributed by atoms with Crippen LogP contribution in [0.4, 0.5) is 0 Å². The van der Waals surface area contributed by atoms with E-state index in [1.165, 1.54) is 0 Å². The van der Waals surface area contributed by atoms with Gasteiger partial charge in [0.05, 0.1) is 24.0 Å². The van der Waals surface area contributed by atoms with Crippen molar-refractivity contribution in [1.29, 1.82) is 0 Å². The Labute approximate surface area is 244 Å². The number of aliphatic hydroxyl groups excluding tert-OH is 1. The molecule has 2 atom stereocenters. The maximum absolute atomic E-state index is 13.7. The highest BCUT2D eigenvalue weighted by molar-refractivity contribution is 5.86. The number of nitrogens with one attached hydrogen (secondary N) is 1. The van der Waals surface area contributed by atoms with Gasteiger partial charge in [-0.2, -0.15) is 0 Å². The van der Waals surface area contributed by atoms with Gasteiger partial charge >= 0.3 is 5.97 Å². The number of nitrogens with zero attached hydrogens (tertiary/aromatic N) is 1. The van der Waals surface area contributed by atoms with Crippen LogP contribution >= 0.6 is 0 Å². The number of aliphatic hydroxyl groups is 1. The molecule has 1 aliphatic heterocycles. The van der Waals surface area contributed by atoms with Gasteiger partial charge in [-0.15, -0.1) is 0 Å². The fourth-order valence-electron chi connectivity index (χ4n) is 5.95. The SMILES string of the molecule is O=C1NC2(CCCC2)COC(=O)C(Cc2ccccc2)CCCC=CCC1CC(=O)N(CCO)Cc1ccccc1. The van der Waals surface area contributed by atoms with Crippen LogP contribution < -0.4 is 5.32 Å². The monoisotopic (exact) mass is 560 g/mol. The number of carbonyl (C=O) groups is 3. The zero-order valence-corrected chi connectivity index (χ0v) is 24.0. The molecule has 1 fully saturated rings. The van der Waals surface area contributed by atoms with Gasteiger partial charge in [0.2, 0.25) is 11.8 Å². The summed E-state index contributed by atoms with van der Waals surface area (Å²) in [5, 5.41) is 12.9. The average Bonchev–Trinajstić information content (AvgIpc) is 3.45. The van der Waals surface area contributed by atoms with Crippen molar-refractivity contribution in [3.8, 4) is 0 Å². The minimum absolute atomic E-state index is 0.0536. The van der Waals surface area contributed by atoms with Gasteiger partial charge in [-0.05, 0) is 56.1 Å². The Bertz CT molecular complexity index is 1140. The molecule has 2 aromatic rings. The molecule has 7 heteroatoms. The first-order valence-corrected chi connectivity index (χ1v) is 15.1. The fourth-order valence-corrected chi connectivity index (χ4v) is 5.95. The molecule has 41 heavy (non-hydrogen) atoms. The highest BCUT2D eigenvalue weighted by Gasteiger charge is 2.39. The van der Waals surface area contributed by atoms with Gasteiger partial charge in [0, 0.05) is 19.5 Å². The molecule has 0 bridgehead atoms. The molecule has 0 radical (unpaired) electrons. The number of cyclic esters (lactones) is 1. The first-order chi connectivity index (χ1) is 20.0. The standard InChI is InChI=1S/C34H44N2O5/c37-22-21-36(25-28-15-7-4-8-16-28)31(38)24-29-17-9-1-2-10-18-30(23-27-13-5-3-6-14-27)33(40)41-26-34(35-32(29)39)19-11-12-20-34/h1,3-9,13-16,29-30,37H,2,10-12,17-26H2,(H,35,39). The normalized spacial score (nSPS) is 21.6. The van der Waals surface area contributed by atoms with Gasteiger partial charge in [0.15, 0.2) is 0 Å². The van der Waals surface area contributed by atoms with E-state index in [1.54, 1.807) is 4.90 Å². The number of esters is 1. The maximum Gasteiger partial charge on any atom is 0.309 e. The van der Waals surface area contributed by atoms with Crippen LogP contribution in [0, 0.1) is 11.8 Å². The number of hydrogen-bond acceptors (Lipinski definition) is 5. The number of hydrogen-bond donors (Lipinski definition) is 2. The molecule has 2 amide bonds. The van der Waals surface area contributed by atoms with E-state index in [0.717, 1.165) is 56.1 Å². The van der Waals surface area contributed by atoms with Crippen LogP contribution in [0.3, 0.4) is 0 Å². The molecule has 220 valence electrons. The number of ether oxygens (including phenoxy) is 1. The first kappa shape index (κ1) is 30.5. The van der Waals surface area contributed by atoms with E-state index < -0.39 is 11.5 Å². The summed E-state index contributed by atoms with van der Waals surface area (Å²) in [6.07, 6.45) is 11.0. The zero-order valence-electron chi connectivity index (χ0n) is 24.0. The molecular formula is C34H44N2O5. The molecule has 2 aromatic carbocycles. The molecule has 7 nitrogen and oxygen atoms in total. The molecule has 4 rings (SSSR count). The summed E-state index contributed by atoms with van der Waals surface area (Å²) in [4.78, 5) is 42.0. The summed E-state index contributed by atoms with van der Waals surface area (Å²) in [5.74, 6) is -1.31. The number of carbonyl (C=O) groups excluding carboxylic acids is 3. The molecule has 1 heterocycles. The zero-order chi connectivity index (χ0) is 28.9. The Hall–Kier alpha value is -3.45. The van der Waals surface area contributed by atoms with Crippen LogP contribution in [0.1, 0.15) is 68.9 Å². The smallest absolute Gasteiger partial charge is 0.309 e. The lowest BCUT2D eigenvalue weighted by atomic mass is 9.92. The lowest BCUT2D eigenvalue weighted by molar-refractivity contribution is -0.152. The molecule has 1 spiro atoms. The summed E-state index contributed by atoms with van der Waals surface area (Å²) in [6, 6.07) is 19.7. The highest BCUT2D eigenvalue weighted by Crippen LogP contribution is 2.32. The van der Waals surface area contributed by atoms with Gasteiger partial charge in [-0.25, -0.2) is 0 Å². The molecule has 1 aliphatic carbocycles. The van der Waals surface area contributed by atoms with E-state index in [2.05, 4.69) is 11.4 Å². The molecule has 2 N–H and O–H groups in total. The number of amides is 2. The van der Waals surface area contributed by atoms with Crippen LogP contribution in [0.5, 0.6) is 0 Å². The quantitative estimate of drug-likeness (QED) is 0.351. The van der Waals surface area contributed by atoms with Crippen molar-refractivity contribution >= 4 is 17.8 Å². The Morgan fingerprint density at radius 2 is 1.61 bits per heavy atom. The van der Waals surface area contributed by atoms with E-state index in [4.69, 9.17) is 4.74 Å². The van der Waals surface area contributed by atoms with Crippen LogP contribution in [0.2, 0.25) is 0 Å². The van der Waals surface area contributed by atoms with Crippen LogP contribution in [-0.4, -0.2) is 53.1 Å². The highest BCUT2D eigenvalue weighted by atomic mass is 16.5. The Balaban J connectivity index is 1.48. The molecule has 0 aromatic heterocycles. The van der Waals surface area contributed by atoms with Crippen molar-refractivity contribution in [3.05, 3.63) is 83.9 Å². The van der Waals surface area contributed by atoms with Crippen molar-refractivity contribution < 1.29 is 24.2 Å². The Kier molecular flexibility index (Phi) is 11.6. The van der Waals surface area contributed by atoms with Crippen LogP contribution in [0.15, 0.2) is 72.8 Å².